The van der Waals surface area contributed by atoms with E-state index in [1.807, 2.05) is 6.79 Å². The Balaban J connectivity index is 0.000000475. The molecule has 0 bridgehead atoms. The van der Waals surface area contributed by atoms with E-state index < -0.39 is 17.8 Å². The first-order chi connectivity index (χ1) is 19.1. The molecule has 0 radical (unpaired) electrons. The van der Waals surface area contributed by atoms with E-state index >= 15 is 0 Å². The Labute approximate surface area is 234 Å². The van der Waals surface area contributed by atoms with Crippen LogP contribution in [0.25, 0.3) is 0 Å². The molecule has 0 spiro atoms. The van der Waals surface area contributed by atoms with Gasteiger partial charge in [-0.05, 0) is 37.5 Å². The third-order valence-electron chi connectivity index (χ3n) is 6.04. The molecule has 2 fully saturated rings. The van der Waals surface area contributed by atoms with Gasteiger partial charge in [-0.25, -0.2) is 4.98 Å². The molecule has 1 saturated heterocycles. The normalized spacial score (nSPS) is 15.6. The molecule has 14 heteroatoms. The molecule has 2 heterocycles. The number of benzene rings is 1. The van der Waals surface area contributed by atoms with Gasteiger partial charge >= 0.3 is 6.18 Å². The van der Waals surface area contributed by atoms with Gasteiger partial charge in [0.2, 0.25) is 5.91 Å². The first kappa shape index (κ1) is 32.5. The summed E-state index contributed by atoms with van der Waals surface area (Å²) in [6.07, 6.45) is 3.90. The number of aliphatic imine (C=N–C) groups is 1. The minimum absolute atomic E-state index is 0.0243. The van der Waals surface area contributed by atoms with Crippen LogP contribution < -0.4 is 15.8 Å². The van der Waals surface area contributed by atoms with Crippen LogP contribution in [0.2, 0.25) is 0 Å². The first-order valence-electron chi connectivity index (χ1n) is 12.4. The summed E-state index contributed by atoms with van der Waals surface area (Å²) in [5, 5.41) is 2.55. The highest BCUT2D eigenvalue weighted by Gasteiger charge is 2.33. The van der Waals surface area contributed by atoms with Gasteiger partial charge in [0, 0.05) is 42.5 Å². The van der Waals surface area contributed by atoms with Gasteiger partial charge in [-0.1, -0.05) is 25.3 Å². The fourth-order valence-electron chi connectivity index (χ4n) is 4.01. The number of ether oxygens (including phenoxy) is 1. The molecule has 1 saturated carbocycles. The predicted molar refractivity (Wildman–Crippen MR) is 146 cm³/mol. The highest BCUT2D eigenvalue weighted by molar-refractivity contribution is 7.92. The van der Waals surface area contributed by atoms with E-state index in [1.54, 1.807) is 12.3 Å². The van der Waals surface area contributed by atoms with Crippen LogP contribution in [0.3, 0.4) is 0 Å². The number of hydrogen-bond donors (Lipinski definition) is 2. The second-order valence-electron chi connectivity index (χ2n) is 8.78. The van der Waals surface area contributed by atoms with E-state index in [0.29, 0.717) is 24.2 Å². The van der Waals surface area contributed by atoms with Gasteiger partial charge in [-0.15, -0.1) is 3.89 Å². The average Bonchev–Trinajstić information content (AvgIpc) is 3.39. The van der Waals surface area contributed by atoms with Crippen molar-refractivity contribution in [2.45, 2.75) is 57.2 Å². The lowest BCUT2D eigenvalue weighted by molar-refractivity contribution is -0.141. The van der Waals surface area contributed by atoms with Crippen molar-refractivity contribution in [3.63, 3.8) is 0 Å². The highest BCUT2D eigenvalue weighted by atomic mass is 32.2. The summed E-state index contributed by atoms with van der Waals surface area (Å²) in [6.45, 7) is 2.57. The quantitative estimate of drug-likeness (QED) is 0.194. The maximum atomic E-state index is 12.9. The molecule has 1 aromatic heterocycles. The van der Waals surface area contributed by atoms with Crippen LogP contribution in [0.4, 0.5) is 28.4 Å². The molecule has 218 valence electrons. The van der Waals surface area contributed by atoms with Crippen LogP contribution in [0.5, 0.6) is 5.75 Å². The maximum Gasteiger partial charge on any atom is 0.433 e. The molecule has 2 amide bonds. The molecule has 1 aromatic carbocycles. The number of nitrogens with one attached hydrogen (secondary N) is 1. The molecule has 1 aliphatic carbocycles. The number of amides is 2. The zero-order chi connectivity index (χ0) is 29.7. The Kier molecular flexibility index (Phi) is 12.8. The standard InChI is InChI=1S/C21H23F3N4O2.C4H6FNOS.CH2O/c1-30-18-11-15(25)13(12-26-14-6-3-2-4-7-14)10-17(18)28-20(29)16-8-5-9-19(27-16)21(22,23)24;5-8-6-3-1-2-4(6)7;1-2/h5,8-12,14H,2-4,6-7,25H2,1H3,(H,28,29);1-3H2;1H2. The summed E-state index contributed by atoms with van der Waals surface area (Å²) < 4.78 is 56.6. The van der Waals surface area contributed by atoms with Gasteiger partial charge in [0.25, 0.3) is 5.91 Å². The van der Waals surface area contributed by atoms with Crippen LogP contribution in [0, 0.1) is 0 Å². The lowest BCUT2D eigenvalue weighted by Crippen LogP contribution is -2.17. The minimum atomic E-state index is -4.64. The number of methoxy groups -OCH3 is 1. The molecule has 2 aliphatic rings. The SMILES string of the molecule is C=O.COc1cc(N)c(C=NC2CCCCC2)cc1NC(=O)c1cccc(C(F)(F)F)n1.O=C1CCCN1SF. The monoisotopic (exact) mass is 585 g/mol. The summed E-state index contributed by atoms with van der Waals surface area (Å²) in [4.78, 5) is 39.0. The molecule has 0 atom stereocenters. The number of anilines is 2. The van der Waals surface area contributed by atoms with Crippen molar-refractivity contribution in [1.82, 2.24) is 9.29 Å². The van der Waals surface area contributed by atoms with Gasteiger partial charge in [0.05, 0.1) is 12.8 Å². The lowest BCUT2D eigenvalue weighted by atomic mass is 9.96. The van der Waals surface area contributed by atoms with Crippen molar-refractivity contribution in [2.75, 3.05) is 24.7 Å². The summed E-state index contributed by atoms with van der Waals surface area (Å²) in [5.41, 5.74) is 5.84. The number of pyridine rings is 1. The molecular formula is C26H31F4N5O4S. The van der Waals surface area contributed by atoms with Gasteiger partial charge in [-0.2, -0.15) is 13.2 Å². The Morgan fingerprint density at radius 2 is 1.93 bits per heavy atom. The van der Waals surface area contributed by atoms with Crippen molar-refractivity contribution >= 4 is 48.5 Å². The maximum absolute atomic E-state index is 12.9. The topological polar surface area (TPSA) is 127 Å². The number of nitrogens with two attached hydrogens (primary N) is 1. The van der Waals surface area contributed by atoms with Crippen LogP contribution >= 0.6 is 12.3 Å². The van der Waals surface area contributed by atoms with Crippen molar-refractivity contribution in [2.24, 2.45) is 4.99 Å². The van der Waals surface area contributed by atoms with E-state index in [-0.39, 0.29) is 41.4 Å². The number of hydrogen-bond acceptors (Lipinski definition) is 8. The van der Waals surface area contributed by atoms with E-state index in [4.69, 9.17) is 15.3 Å². The molecule has 1 aliphatic heterocycles. The summed E-state index contributed by atoms with van der Waals surface area (Å²) in [7, 11) is 1.41. The third kappa shape index (κ3) is 9.50. The van der Waals surface area contributed by atoms with Gasteiger partial charge in [-0.3, -0.25) is 18.9 Å². The second kappa shape index (κ2) is 15.8. The number of rotatable bonds is 6. The Morgan fingerprint density at radius 3 is 2.48 bits per heavy atom. The third-order valence-corrected chi connectivity index (χ3v) is 6.59. The molecular weight excluding hydrogens is 554 g/mol. The summed E-state index contributed by atoms with van der Waals surface area (Å²) in [6, 6.07) is 6.52. The number of alkyl halides is 3. The summed E-state index contributed by atoms with van der Waals surface area (Å²) in [5.74, 6) is -0.598. The second-order valence-corrected chi connectivity index (χ2v) is 9.36. The van der Waals surface area contributed by atoms with Crippen LogP contribution in [0.15, 0.2) is 35.3 Å². The van der Waals surface area contributed by atoms with E-state index in [1.165, 1.54) is 25.7 Å². The van der Waals surface area contributed by atoms with Gasteiger partial charge in [0.15, 0.2) is 12.3 Å². The number of nitrogen functional groups attached to an aromatic ring is 1. The molecule has 0 unspecified atom stereocenters. The van der Waals surface area contributed by atoms with Crippen molar-refractivity contribution in [1.29, 1.82) is 0 Å². The number of carbonyl (C=O) groups is 3. The van der Waals surface area contributed by atoms with E-state index in [9.17, 15) is 26.6 Å². The zero-order valence-corrected chi connectivity index (χ0v) is 22.7. The lowest BCUT2D eigenvalue weighted by Gasteiger charge is -2.17. The number of halogens is 4. The van der Waals surface area contributed by atoms with Crippen LogP contribution in [-0.4, -0.2) is 53.8 Å². The van der Waals surface area contributed by atoms with Gasteiger partial charge < -0.3 is 20.6 Å². The molecule has 9 nitrogen and oxygen atoms in total. The summed E-state index contributed by atoms with van der Waals surface area (Å²) >= 11 is 0.0243. The van der Waals surface area contributed by atoms with Crippen molar-refractivity contribution < 1.29 is 36.2 Å². The van der Waals surface area contributed by atoms with E-state index in [0.717, 1.165) is 48.5 Å². The molecule has 4 rings (SSSR count). The Hall–Kier alpha value is -3.68. The number of aromatic nitrogens is 1. The first-order valence-corrected chi connectivity index (χ1v) is 13.0. The highest BCUT2D eigenvalue weighted by Crippen LogP contribution is 2.31. The predicted octanol–water partition coefficient (Wildman–Crippen LogP) is 5.65. The van der Waals surface area contributed by atoms with Crippen molar-refractivity contribution in [3.8, 4) is 5.75 Å². The average molecular weight is 586 g/mol. The molecule has 2 aromatic rings. The zero-order valence-electron chi connectivity index (χ0n) is 21.9. The fourth-order valence-corrected chi connectivity index (χ4v) is 4.37. The van der Waals surface area contributed by atoms with Gasteiger partial charge in [0.1, 0.15) is 23.9 Å². The van der Waals surface area contributed by atoms with Crippen molar-refractivity contribution in [3.05, 3.63) is 47.3 Å². The number of nitrogens with zero attached hydrogens (tertiary/aromatic N) is 3. The Morgan fingerprint density at radius 1 is 1.23 bits per heavy atom. The minimum Gasteiger partial charge on any atom is -0.494 e. The van der Waals surface area contributed by atoms with Crippen LogP contribution in [0.1, 0.15) is 66.7 Å². The van der Waals surface area contributed by atoms with Crippen LogP contribution in [-0.2, 0) is 15.8 Å². The molecule has 3 N–H and O–H groups in total. The largest absolute Gasteiger partial charge is 0.494 e. The molecule has 40 heavy (non-hydrogen) atoms. The number of carbonyl (C=O) groups excluding carboxylic acids is 3. The smallest absolute Gasteiger partial charge is 0.433 e. The Bertz CT molecular complexity index is 1180. The van der Waals surface area contributed by atoms with E-state index in [2.05, 4.69) is 15.3 Å². The fraction of sp³-hybridized carbons (Fsp3) is 0.423.